The molecule has 1 atom stereocenters. The molecule has 0 radical (unpaired) electrons. The molecule has 0 fully saturated rings. The predicted molar refractivity (Wildman–Crippen MR) is 84.0 cm³/mol. The summed E-state index contributed by atoms with van der Waals surface area (Å²) >= 11 is 0. The van der Waals surface area contributed by atoms with Crippen LogP contribution in [0.5, 0.6) is 5.75 Å². The molecule has 2 aromatic rings. The summed E-state index contributed by atoms with van der Waals surface area (Å²) in [6.45, 7) is 5.00. The highest BCUT2D eigenvalue weighted by molar-refractivity contribution is 5.99. The van der Waals surface area contributed by atoms with E-state index in [2.05, 4.69) is 16.3 Å². The molecule has 0 spiro atoms. The number of aryl methyl sites for hydroxylation is 2. The van der Waals surface area contributed by atoms with Gasteiger partial charge >= 0.3 is 0 Å². The van der Waals surface area contributed by atoms with Crippen molar-refractivity contribution in [3.8, 4) is 5.75 Å². The number of carbonyl (C=O) groups excluding carboxylic acids is 1. The number of carbonyl (C=O) groups is 1. The summed E-state index contributed by atoms with van der Waals surface area (Å²) in [5.74, 6) is 0.683. The number of nitrogens with one attached hydrogen (secondary N) is 1. The Labute approximate surface area is 129 Å². The minimum atomic E-state index is -0.604. The molecule has 1 aliphatic heterocycles. The molecule has 1 aromatic carbocycles. The highest BCUT2D eigenvalue weighted by Gasteiger charge is 2.29. The largest absolute Gasteiger partial charge is 0.489 e. The fraction of sp³-hybridized carbons (Fsp3) is 0.375. The minimum Gasteiger partial charge on any atom is -0.489 e. The maximum atomic E-state index is 12.7. The zero-order valence-electron chi connectivity index (χ0n) is 12.8. The fourth-order valence-electron chi connectivity index (χ4n) is 2.83. The highest BCUT2D eigenvalue weighted by atomic mass is 16.5. The van der Waals surface area contributed by atoms with Crippen molar-refractivity contribution in [3.63, 3.8) is 0 Å². The molecular formula is C16H20N4O2. The Kier molecular flexibility index (Phi) is 3.85. The van der Waals surface area contributed by atoms with Gasteiger partial charge in [-0.25, -0.2) is 0 Å². The first kappa shape index (κ1) is 14.6. The second-order valence-corrected chi connectivity index (χ2v) is 5.66. The van der Waals surface area contributed by atoms with Gasteiger partial charge in [-0.3, -0.25) is 9.89 Å². The quantitative estimate of drug-likeness (QED) is 0.895. The van der Waals surface area contributed by atoms with E-state index in [1.807, 2.05) is 26.0 Å². The topological polar surface area (TPSA) is 84.2 Å². The molecule has 1 amide bonds. The molecule has 1 unspecified atom stereocenters. The predicted octanol–water partition coefficient (Wildman–Crippen LogP) is 1.32. The lowest BCUT2D eigenvalue weighted by molar-refractivity contribution is -0.120. The number of benzene rings is 1. The highest BCUT2D eigenvalue weighted by Crippen LogP contribution is 2.36. The Hall–Kier alpha value is -2.34. The van der Waals surface area contributed by atoms with Gasteiger partial charge < -0.3 is 15.4 Å². The number of nitrogens with zero attached hydrogens (tertiary/aromatic N) is 2. The van der Waals surface area contributed by atoms with Gasteiger partial charge in [0.05, 0.1) is 18.3 Å². The SMILES string of the molecule is Cc1cc(C)c2c(c1)N(C(=O)C(N)Cc1ccn[nH]1)CCO2. The number of fused-ring (bicyclic) bond motifs is 1. The summed E-state index contributed by atoms with van der Waals surface area (Å²) in [5.41, 5.74) is 9.90. The number of amides is 1. The summed E-state index contributed by atoms with van der Waals surface area (Å²) in [6, 6.07) is 5.25. The van der Waals surface area contributed by atoms with Crippen LogP contribution in [0, 0.1) is 13.8 Å². The molecule has 0 aliphatic carbocycles. The Balaban J connectivity index is 1.85. The van der Waals surface area contributed by atoms with Crippen molar-refractivity contribution >= 4 is 11.6 Å². The number of rotatable bonds is 3. The van der Waals surface area contributed by atoms with Crippen LogP contribution < -0.4 is 15.4 Å². The fourth-order valence-corrected chi connectivity index (χ4v) is 2.83. The molecule has 0 saturated carbocycles. The lowest BCUT2D eigenvalue weighted by atomic mass is 10.1. The lowest BCUT2D eigenvalue weighted by Crippen LogP contribution is -2.48. The van der Waals surface area contributed by atoms with Crippen LogP contribution in [0.25, 0.3) is 0 Å². The van der Waals surface area contributed by atoms with Gasteiger partial charge in [-0.2, -0.15) is 5.10 Å². The van der Waals surface area contributed by atoms with Gasteiger partial charge in [0.1, 0.15) is 12.4 Å². The third-order valence-corrected chi connectivity index (χ3v) is 3.83. The van der Waals surface area contributed by atoms with E-state index in [0.29, 0.717) is 19.6 Å². The maximum absolute atomic E-state index is 12.7. The first-order valence-electron chi connectivity index (χ1n) is 7.35. The number of aromatic nitrogens is 2. The van der Waals surface area contributed by atoms with E-state index in [1.165, 1.54) is 0 Å². The van der Waals surface area contributed by atoms with Crippen LogP contribution in [0.3, 0.4) is 0 Å². The second-order valence-electron chi connectivity index (χ2n) is 5.66. The van der Waals surface area contributed by atoms with Gasteiger partial charge in [0, 0.05) is 18.3 Å². The van der Waals surface area contributed by atoms with E-state index < -0.39 is 6.04 Å². The van der Waals surface area contributed by atoms with E-state index in [9.17, 15) is 4.79 Å². The van der Waals surface area contributed by atoms with Crippen molar-refractivity contribution in [1.29, 1.82) is 0 Å². The number of nitrogens with two attached hydrogens (primary N) is 1. The van der Waals surface area contributed by atoms with Crippen molar-refractivity contribution in [2.45, 2.75) is 26.3 Å². The number of H-pyrrole nitrogens is 1. The van der Waals surface area contributed by atoms with Crippen molar-refractivity contribution in [2.75, 3.05) is 18.1 Å². The standard InChI is InChI=1S/C16H20N4O2/c1-10-7-11(2)15-14(8-10)20(5-6-22-15)16(21)13(17)9-12-3-4-18-19-12/h3-4,7-8,13H,5-6,9,17H2,1-2H3,(H,18,19). The van der Waals surface area contributed by atoms with Crippen LogP contribution in [-0.4, -0.2) is 35.3 Å². The molecule has 22 heavy (non-hydrogen) atoms. The molecule has 116 valence electrons. The van der Waals surface area contributed by atoms with Gasteiger partial charge in [0.2, 0.25) is 5.91 Å². The zero-order valence-corrected chi connectivity index (χ0v) is 12.8. The Bertz CT molecular complexity index is 682. The summed E-state index contributed by atoms with van der Waals surface area (Å²) in [4.78, 5) is 14.5. The zero-order chi connectivity index (χ0) is 15.7. The van der Waals surface area contributed by atoms with Crippen LogP contribution in [0.1, 0.15) is 16.8 Å². The smallest absolute Gasteiger partial charge is 0.244 e. The Morgan fingerprint density at radius 2 is 2.32 bits per heavy atom. The Morgan fingerprint density at radius 1 is 1.50 bits per heavy atom. The molecule has 1 aromatic heterocycles. The van der Waals surface area contributed by atoms with Crippen molar-refractivity contribution in [2.24, 2.45) is 5.73 Å². The molecule has 3 rings (SSSR count). The molecule has 1 aliphatic rings. The Morgan fingerprint density at radius 3 is 3.05 bits per heavy atom. The molecule has 3 N–H and O–H groups in total. The molecule has 2 heterocycles. The van der Waals surface area contributed by atoms with Gasteiger partial charge in [0.15, 0.2) is 0 Å². The van der Waals surface area contributed by atoms with E-state index >= 15 is 0 Å². The van der Waals surface area contributed by atoms with E-state index in [1.54, 1.807) is 11.1 Å². The van der Waals surface area contributed by atoms with Gasteiger partial charge in [-0.15, -0.1) is 0 Å². The molecular weight excluding hydrogens is 280 g/mol. The average Bonchev–Trinajstić information content (AvgIpc) is 2.98. The number of hydrogen-bond donors (Lipinski definition) is 2. The van der Waals surface area contributed by atoms with Crippen molar-refractivity contribution < 1.29 is 9.53 Å². The van der Waals surface area contributed by atoms with Gasteiger partial charge in [0.25, 0.3) is 0 Å². The molecule has 6 nitrogen and oxygen atoms in total. The van der Waals surface area contributed by atoms with E-state index in [-0.39, 0.29) is 5.91 Å². The van der Waals surface area contributed by atoms with Crippen LogP contribution in [0.15, 0.2) is 24.4 Å². The minimum absolute atomic E-state index is 0.0934. The van der Waals surface area contributed by atoms with E-state index in [4.69, 9.17) is 10.5 Å². The first-order chi connectivity index (χ1) is 10.6. The normalized spacial score (nSPS) is 15.1. The maximum Gasteiger partial charge on any atom is 0.244 e. The van der Waals surface area contributed by atoms with Crippen molar-refractivity contribution in [1.82, 2.24) is 10.2 Å². The second kappa shape index (κ2) is 5.81. The van der Waals surface area contributed by atoms with E-state index in [0.717, 1.165) is 28.3 Å². The van der Waals surface area contributed by atoms with Gasteiger partial charge in [-0.1, -0.05) is 6.07 Å². The van der Waals surface area contributed by atoms with Crippen LogP contribution in [-0.2, 0) is 11.2 Å². The first-order valence-corrected chi connectivity index (χ1v) is 7.35. The monoisotopic (exact) mass is 300 g/mol. The number of hydrogen-bond acceptors (Lipinski definition) is 4. The summed E-state index contributed by atoms with van der Waals surface area (Å²) in [5, 5.41) is 6.72. The third kappa shape index (κ3) is 2.69. The lowest BCUT2D eigenvalue weighted by Gasteiger charge is -2.32. The summed E-state index contributed by atoms with van der Waals surface area (Å²) < 4.78 is 5.72. The summed E-state index contributed by atoms with van der Waals surface area (Å²) in [6.07, 6.45) is 2.10. The molecule has 0 saturated heterocycles. The molecule has 0 bridgehead atoms. The van der Waals surface area contributed by atoms with Crippen LogP contribution >= 0.6 is 0 Å². The number of aromatic amines is 1. The van der Waals surface area contributed by atoms with Crippen LogP contribution in [0.2, 0.25) is 0 Å². The number of ether oxygens (including phenoxy) is 1. The van der Waals surface area contributed by atoms with Crippen LogP contribution in [0.4, 0.5) is 5.69 Å². The third-order valence-electron chi connectivity index (χ3n) is 3.83. The summed E-state index contributed by atoms with van der Waals surface area (Å²) in [7, 11) is 0. The number of anilines is 1. The molecule has 6 heteroatoms. The average molecular weight is 300 g/mol. The van der Waals surface area contributed by atoms with Gasteiger partial charge in [-0.05, 0) is 37.1 Å². The van der Waals surface area contributed by atoms with Crippen molar-refractivity contribution in [3.05, 3.63) is 41.2 Å².